The van der Waals surface area contributed by atoms with Crippen molar-refractivity contribution in [2.45, 2.75) is 0 Å². The fraction of sp³-hybridized carbons (Fsp3) is 0.167. The molecule has 2 rings (SSSR count). The number of carbonyl (C=O) groups is 1. The fourth-order valence-electron chi connectivity index (χ4n) is 1.46. The van der Waals surface area contributed by atoms with Gasteiger partial charge in [-0.25, -0.2) is 0 Å². The first-order chi connectivity index (χ1) is 7.31. The highest BCUT2D eigenvalue weighted by atomic mass is 32.2. The van der Waals surface area contributed by atoms with Gasteiger partial charge in [0.05, 0.1) is 11.3 Å². The van der Waals surface area contributed by atoms with Gasteiger partial charge < -0.3 is 0 Å². The van der Waals surface area contributed by atoms with E-state index in [-0.39, 0.29) is 5.78 Å². The van der Waals surface area contributed by atoms with Gasteiger partial charge in [-0.3, -0.25) is 9.78 Å². The summed E-state index contributed by atoms with van der Waals surface area (Å²) in [5.74, 6) is 0.708. The highest BCUT2D eigenvalue weighted by Crippen LogP contribution is 2.14. The van der Waals surface area contributed by atoms with Crippen molar-refractivity contribution in [2.75, 3.05) is 12.0 Å². The maximum atomic E-state index is 11.6. The third-order valence-electron chi connectivity index (χ3n) is 2.20. The van der Waals surface area contributed by atoms with Crippen molar-refractivity contribution in [1.82, 2.24) is 4.98 Å². The third-order valence-corrected chi connectivity index (χ3v) is 2.75. The number of hydrogen-bond acceptors (Lipinski definition) is 3. The lowest BCUT2D eigenvalue weighted by Gasteiger charge is -2.01. The molecule has 0 aliphatic carbocycles. The summed E-state index contributed by atoms with van der Waals surface area (Å²) in [6.07, 6.45) is 3.69. The Morgan fingerprint density at radius 1 is 1.40 bits per heavy atom. The van der Waals surface area contributed by atoms with E-state index in [4.69, 9.17) is 0 Å². The van der Waals surface area contributed by atoms with Crippen LogP contribution in [0.5, 0.6) is 0 Å². The zero-order valence-corrected chi connectivity index (χ0v) is 9.25. The number of rotatable bonds is 3. The van der Waals surface area contributed by atoms with Gasteiger partial charge in [0.2, 0.25) is 0 Å². The van der Waals surface area contributed by atoms with Crippen LogP contribution in [-0.2, 0) is 0 Å². The number of thioether (sulfide) groups is 1. The van der Waals surface area contributed by atoms with E-state index in [1.807, 2.05) is 36.6 Å². The van der Waals surface area contributed by atoms with Gasteiger partial charge >= 0.3 is 0 Å². The summed E-state index contributed by atoms with van der Waals surface area (Å²) in [4.78, 5) is 15.9. The normalized spacial score (nSPS) is 10.5. The van der Waals surface area contributed by atoms with Crippen molar-refractivity contribution in [2.24, 2.45) is 0 Å². The van der Waals surface area contributed by atoms with Gasteiger partial charge in [-0.1, -0.05) is 6.07 Å². The Balaban J connectivity index is 2.42. The Labute approximate surface area is 92.7 Å². The number of Topliss-reactive ketones (excluding diaryl/α,β-unsaturated/α-hetero) is 1. The second kappa shape index (κ2) is 4.45. The summed E-state index contributed by atoms with van der Waals surface area (Å²) in [6, 6.07) is 9.49. The van der Waals surface area contributed by atoms with E-state index in [2.05, 4.69) is 4.98 Å². The molecule has 0 saturated heterocycles. The first-order valence-electron chi connectivity index (χ1n) is 4.68. The maximum Gasteiger partial charge on any atom is 0.172 e. The SMILES string of the molecule is CSCC(=O)c1ccc2ncccc2c1. The Kier molecular flexibility index (Phi) is 3.02. The molecule has 1 aromatic carbocycles. The average molecular weight is 217 g/mol. The predicted octanol–water partition coefficient (Wildman–Crippen LogP) is 2.78. The molecule has 76 valence electrons. The van der Waals surface area contributed by atoms with E-state index in [1.165, 1.54) is 0 Å². The summed E-state index contributed by atoms with van der Waals surface area (Å²) < 4.78 is 0. The van der Waals surface area contributed by atoms with Gasteiger partial charge in [0, 0.05) is 17.1 Å². The van der Waals surface area contributed by atoms with Gasteiger partial charge in [0.15, 0.2) is 5.78 Å². The number of hydrogen-bond donors (Lipinski definition) is 0. The summed E-state index contributed by atoms with van der Waals surface area (Å²) in [5, 5.41) is 1.02. The van der Waals surface area contributed by atoms with Crippen molar-refractivity contribution in [3.05, 3.63) is 42.1 Å². The molecule has 0 radical (unpaired) electrons. The van der Waals surface area contributed by atoms with Crippen LogP contribution in [0.25, 0.3) is 10.9 Å². The van der Waals surface area contributed by atoms with Crippen LogP contribution < -0.4 is 0 Å². The molecular formula is C12H11NOS. The second-order valence-corrected chi connectivity index (χ2v) is 4.13. The Bertz CT molecular complexity index is 496. The number of carbonyl (C=O) groups excluding carboxylic acids is 1. The smallest absolute Gasteiger partial charge is 0.172 e. The second-order valence-electron chi connectivity index (χ2n) is 3.27. The minimum Gasteiger partial charge on any atom is -0.293 e. The molecule has 0 aliphatic heterocycles. The standard InChI is InChI=1S/C12H11NOS/c1-15-8-12(14)10-4-5-11-9(7-10)3-2-6-13-11/h2-7H,8H2,1H3. The molecule has 1 aromatic heterocycles. The number of benzene rings is 1. The minimum absolute atomic E-state index is 0.174. The van der Waals surface area contributed by atoms with Gasteiger partial charge in [-0.15, -0.1) is 0 Å². The first kappa shape index (κ1) is 10.2. The highest BCUT2D eigenvalue weighted by Gasteiger charge is 2.05. The van der Waals surface area contributed by atoms with Gasteiger partial charge in [-0.2, -0.15) is 11.8 Å². The summed E-state index contributed by atoms with van der Waals surface area (Å²) >= 11 is 1.54. The molecule has 0 N–H and O–H groups in total. The van der Waals surface area contributed by atoms with Crippen LogP contribution in [0.2, 0.25) is 0 Å². The zero-order chi connectivity index (χ0) is 10.7. The topological polar surface area (TPSA) is 30.0 Å². The zero-order valence-electron chi connectivity index (χ0n) is 8.43. The number of fused-ring (bicyclic) bond motifs is 1. The Morgan fingerprint density at radius 2 is 2.27 bits per heavy atom. The first-order valence-corrected chi connectivity index (χ1v) is 6.07. The van der Waals surface area contributed by atoms with Crippen LogP contribution in [0.3, 0.4) is 0 Å². The molecule has 0 amide bonds. The minimum atomic E-state index is 0.174. The van der Waals surface area contributed by atoms with E-state index in [0.29, 0.717) is 5.75 Å². The third kappa shape index (κ3) is 2.18. The number of pyridine rings is 1. The van der Waals surface area contributed by atoms with E-state index >= 15 is 0 Å². The molecule has 1 heterocycles. The quantitative estimate of drug-likeness (QED) is 0.740. The summed E-state index contributed by atoms with van der Waals surface area (Å²) in [5.41, 5.74) is 1.70. The number of nitrogens with zero attached hydrogens (tertiary/aromatic N) is 1. The number of aromatic nitrogens is 1. The molecule has 0 unspecified atom stereocenters. The predicted molar refractivity (Wildman–Crippen MR) is 64.5 cm³/mol. The van der Waals surface area contributed by atoms with Gasteiger partial charge in [0.25, 0.3) is 0 Å². The van der Waals surface area contributed by atoms with Crippen LogP contribution >= 0.6 is 11.8 Å². The van der Waals surface area contributed by atoms with Gasteiger partial charge in [0.1, 0.15) is 0 Å². The van der Waals surface area contributed by atoms with Crippen LogP contribution in [-0.4, -0.2) is 22.8 Å². The molecular weight excluding hydrogens is 206 g/mol. The fourth-order valence-corrected chi connectivity index (χ4v) is 1.89. The van der Waals surface area contributed by atoms with Crippen molar-refractivity contribution in [3.8, 4) is 0 Å². The summed E-state index contributed by atoms with van der Waals surface area (Å²) in [7, 11) is 0. The number of ketones is 1. The van der Waals surface area contributed by atoms with E-state index in [1.54, 1.807) is 18.0 Å². The largest absolute Gasteiger partial charge is 0.293 e. The van der Waals surface area contributed by atoms with Crippen LogP contribution in [0.15, 0.2) is 36.5 Å². The molecule has 3 heteroatoms. The van der Waals surface area contributed by atoms with Gasteiger partial charge in [-0.05, 0) is 30.5 Å². The molecule has 0 aliphatic rings. The Hall–Kier alpha value is -1.35. The average Bonchev–Trinajstić information content (AvgIpc) is 2.29. The molecule has 2 aromatic rings. The molecule has 0 bridgehead atoms. The molecule has 2 nitrogen and oxygen atoms in total. The molecule has 0 spiro atoms. The lowest BCUT2D eigenvalue weighted by atomic mass is 10.1. The highest BCUT2D eigenvalue weighted by molar-refractivity contribution is 7.99. The molecule has 0 fully saturated rings. The molecule has 0 saturated carbocycles. The summed E-state index contributed by atoms with van der Waals surface area (Å²) in [6.45, 7) is 0. The Morgan fingerprint density at radius 3 is 3.07 bits per heavy atom. The lowest BCUT2D eigenvalue weighted by molar-refractivity contribution is 0.102. The van der Waals surface area contributed by atoms with Crippen molar-refractivity contribution < 1.29 is 4.79 Å². The molecule has 15 heavy (non-hydrogen) atoms. The monoisotopic (exact) mass is 217 g/mol. The van der Waals surface area contributed by atoms with E-state index < -0.39 is 0 Å². The van der Waals surface area contributed by atoms with E-state index in [9.17, 15) is 4.79 Å². The van der Waals surface area contributed by atoms with Crippen molar-refractivity contribution in [3.63, 3.8) is 0 Å². The lowest BCUT2D eigenvalue weighted by Crippen LogP contribution is -2.01. The van der Waals surface area contributed by atoms with Crippen molar-refractivity contribution >= 4 is 28.4 Å². The molecule has 0 atom stereocenters. The maximum absolute atomic E-state index is 11.6. The van der Waals surface area contributed by atoms with Crippen LogP contribution in [0, 0.1) is 0 Å². The van der Waals surface area contributed by atoms with E-state index in [0.717, 1.165) is 16.5 Å². The van der Waals surface area contributed by atoms with Crippen LogP contribution in [0.4, 0.5) is 0 Å². The van der Waals surface area contributed by atoms with Crippen molar-refractivity contribution in [1.29, 1.82) is 0 Å². The van der Waals surface area contributed by atoms with Crippen LogP contribution in [0.1, 0.15) is 10.4 Å².